The second kappa shape index (κ2) is 16.3. The van der Waals surface area contributed by atoms with Gasteiger partial charge in [0.15, 0.2) is 0 Å². The van der Waals surface area contributed by atoms with Gasteiger partial charge in [-0.3, -0.25) is 14.7 Å². The molecule has 11 heteroatoms. The van der Waals surface area contributed by atoms with Crippen molar-refractivity contribution in [2.75, 3.05) is 33.3 Å². The van der Waals surface area contributed by atoms with Crippen LogP contribution >= 0.6 is 11.6 Å². The number of nitrogens with zero attached hydrogens (tertiary/aromatic N) is 4. The molecule has 6 rings (SSSR count). The van der Waals surface area contributed by atoms with Crippen molar-refractivity contribution < 1.29 is 29.2 Å². The van der Waals surface area contributed by atoms with Gasteiger partial charge in [0, 0.05) is 55.8 Å². The number of nitriles is 1. The second-order valence-corrected chi connectivity index (χ2v) is 14.2. The molecule has 4 aromatic rings. The summed E-state index contributed by atoms with van der Waals surface area (Å²) in [5.41, 5.74) is 6.30. The van der Waals surface area contributed by atoms with Gasteiger partial charge in [0.2, 0.25) is 0 Å². The second-order valence-electron chi connectivity index (χ2n) is 13.8. The van der Waals surface area contributed by atoms with Crippen LogP contribution in [0.15, 0.2) is 67.0 Å². The van der Waals surface area contributed by atoms with Crippen LogP contribution in [0.2, 0.25) is 5.02 Å². The lowest BCUT2D eigenvalue weighted by atomic mass is 9.93. The first-order valence-electron chi connectivity index (χ1n) is 17.7. The fourth-order valence-electron chi connectivity index (χ4n) is 6.85. The Morgan fingerprint density at radius 2 is 1.75 bits per heavy atom. The highest BCUT2D eigenvalue weighted by molar-refractivity contribution is 6.32. The molecule has 10 nitrogen and oxygen atoms in total. The number of likely N-dealkylation sites (tertiary alicyclic amines) is 1. The van der Waals surface area contributed by atoms with Crippen LogP contribution in [-0.2, 0) is 24.6 Å². The summed E-state index contributed by atoms with van der Waals surface area (Å²) in [7, 11) is 1.80. The number of hydrogen-bond acceptors (Lipinski definition) is 9. The summed E-state index contributed by atoms with van der Waals surface area (Å²) in [5, 5.41) is 29.4. The number of benzene rings is 3. The molecule has 2 N–H and O–H groups in total. The van der Waals surface area contributed by atoms with Crippen LogP contribution in [0.3, 0.4) is 0 Å². The Bertz CT molecular complexity index is 1960. The molecule has 0 spiro atoms. The number of hydrogen-bond donors (Lipinski definition) is 2. The van der Waals surface area contributed by atoms with Gasteiger partial charge in [-0.25, -0.2) is 0 Å². The minimum Gasteiger partial charge on any atom is -0.493 e. The number of aliphatic carboxylic acids is 1. The SMILES string of the molecule is Cc1c(COc2cc(OCc3cncc(C#N)c3)c(CN(C)C3(C(=O)O)CC3)cc2Cl)cccc1-c1cccc(OCCCN2CC[C@@H](O)C2)c1C. The van der Waals surface area contributed by atoms with Crippen molar-refractivity contribution >= 4 is 17.6 Å². The first-order valence-corrected chi connectivity index (χ1v) is 18.0. The number of carboxylic acids is 1. The van der Waals surface area contributed by atoms with Crippen LogP contribution in [0.4, 0.5) is 0 Å². The lowest BCUT2D eigenvalue weighted by molar-refractivity contribution is -0.144. The predicted octanol–water partition coefficient (Wildman–Crippen LogP) is 6.93. The highest BCUT2D eigenvalue weighted by atomic mass is 35.5. The standard InChI is InChI=1S/C41H45ClN4O6/c1-27-31(7-4-8-34(27)35-9-5-10-37(28(35)2)50-16-6-14-46-15-11-33(47)24-46)26-52-39-19-38(51-25-30-17-29(20-43)21-44-22-30)32(18-36(39)42)23-45(3)41(12-13-41)40(48)49/h4-5,7-10,17-19,21-22,33,47H,6,11-16,23-26H2,1-3H3,(H,48,49)/t33-/m1/s1. The van der Waals surface area contributed by atoms with Crippen LogP contribution in [0.5, 0.6) is 17.2 Å². The molecular weight excluding hydrogens is 680 g/mol. The van der Waals surface area contributed by atoms with Gasteiger partial charge in [0.05, 0.1) is 23.3 Å². The molecule has 0 radical (unpaired) electrons. The summed E-state index contributed by atoms with van der Waals surface area (Å²) < 4.78 is 18.8. The Morgan fingerprint density at radius 1 is 1.00 bits per heavy atom. The minimum atomic E-state index is -0.894. The topological polar surface area (TPSA) is 128 Å². The van der Waals surface area contributed by atoms with E-state index in [-0.39, 0.29) is 19.3 Å². The molecule has 1 atom stereocenters. The van der Waals surface area contributed by atoms with Gasteiger partial charge in [-0.1, -0.05) is 41.9 Å². The van der Waals surface area contributed by atoms with Gasteiger partial charge < -0.3 is 29.3 Å². The van der Waals surface area contributed by atoms with Crippen molar-refractivity contribution in [3.8, 4) is 34.4 Å². The number of aromatic nitrogens is 1. The number of halogens is 1. The van der Waals surface area contributed by atoms with Crippen LogP contribution < -0.4 is 14.2 Å². The fourth-order valence-corrected chi connectivity index (χ4v) is 7.09. The van der Waals surface area contributed by atoms with Crippen molar-refractivity contribution in [3.63, 3.8) is 0 Å². The molecule has 272 valence electrons. The number of aliphatic hydroxyl groups is 1. The molecule has 0 bridgehead atoms. The van der Waals surface area contributed by atoms with Gasteiger partial charge in [-0.2, -0.15) is 5.26 Å². The molecule has 0 unspecified atom stereocenters. The van der Waals surface area contributed by atoms with Crippen molar-refractivity contribution in [2.45, 2.75) is 70.9 Å². The van der Waals surface area contributed by atoms with Gasteiger partial charge in [-0.15, -0.1) is 0 Å². The third-order valence-corrected chi connectivity index (χ3v) is 10.5. The van der Waals surface area contributed by atoms with Crippen molar-refractivity contribution in [2.24, 2.45) is 0 Å². The number of β-amino-alcohol motifs (C(OH)–C–C–N with tert-alkyl or cyclic N) is 1. The predicted molar refractivity (Wildman–Crippen MR) is 199 cm³/mol. The Labute approximate surface area is 310 Å². The smallest absolute Gasteiger partial charge is 0.324 e. The van der Waals surface area contributed by atoms with Crippen molar-refractivity contribution in [1.82, 2.24) is 14.8 Å². The minimum absolute atomic E-state index is 0.149. The molecule has 1 saturated carbocycles. The lowest BCUT2D eigenvalue weighted by Gasteiger charge is -2.26. The van der Waals surface area contributed by atoms with E-state index in [1.165, 1.54) is 6.20 Å². The average molecular weight is 725 g/mol. The summed E-state index contributed by atoms with van der Waals surface area (Å²) in [6, 6.07) is 19.6. The lowest BCUT2D eigenvalue weighted by Crippen LogP contribution is -2.40. The molecule has 2 aliphatic rings. The Kier molecular flexibility index (Phi) is 11.7. The quantitative estimate of drug-likeness (QED) is 0.117. The van der Waals surface area contributed by atoms with Crippen LogP contribution in [0.25, 0.3) is 11.1 Å². The summed E-state index contributed by atoms with van der Waals surface area (Å²) in [6.45, 7) is 8.07. The van der Waals surface area contributed by atoms with Gasteiger partial charge in [0.25, 0.3) is 0 Å². The van der Waals surface area contributed by atoms with E-state index in [1.54, 1.807) is 31.4 Å². The molecular formula is C41H45ClN4O6. The molecule has 0 amide bonds. The van der Waals surface area contributed by atoms with E-state index in [4.69, 9.17) is 25.8 Å². The largest absolute Gasteiger partial charge is 0.493 e. The molecule has 2 heterocycles. The normalized spacial score (nSPS) is 16.4. The van der Waals surface area contributed by atoms with E-state index in [1.807, 2.05) is 29.2 Å². The highest BCUT2D eigenvalue weighted by Crippen LogP contribution is 2.43. The van der Waals surface area contributed by atoms with Crippen molar-refractivity contribution in [1.29, 1.82) is 5.26 Å². The Balaban J connectivity index is 1.18. The van der Waals surface area contributed by atoms with Crippen LogP contribution in [0, 0.1) is 25.2 Å². The number of pyridine rings is 1. The van der Waals surface area contributed by atoms with E-state index < -0.39 is 11.5 Å². The summed E-state index contributed by atoms with van der Waals surface area (Å²) in [5.74, 6) is 0.957. The zero-order chi connectivity index (χ0) is 36.8. The molecule has 2 fully saturated rings. The number of aliphatic hydroxyl groups excluding tert-OH is 1. The molecule has 1 aliphatic carbocycles. The van der Waals surface area contributed by atoms with E-state index in [0.717, 1.165) is 77.2 Å². The van der Waals surface area contributed by atoms with E-state index in [9.17, 15) is 20.3 Å². The zero-order valence-electron chi connectivity index (χ0n) is 29.9. The third-order valence-electron chi connectivity index (χ3n) is 10.2. The fraction of sp³-hybridized carbons (Fsp3) is 0.390. The Morgan fingerprint density at radius 3 is 2.46 bits per heavy atom. The van der Waals surface area contributed by atoms with Gasteiger partial charge >= 0.3 is 5.97 Å². The molecule has 3 aromatic carbocycles. The maximum atomic E-state index is 12.0. The van der Waals surface area contributed by atoms with Crippen LogP contribution in [-0.4, -0.2) is 75.9 Å². The number of likely N-dealkylation sites (N-methyl/N-ethyl adjacent to an activating group) is 1. The van der Waals surface area contributed by atoms with Crippen LogP contribution in [0.1, 0.15) is 59.1 Å². The molecule has 52 heavy (non-hydrogen) atoms. The number of rotatable bonds is 16. The van der Waals surface area contributed by atoms with E-state index >= 15 is 0 Å². The maximum Gasteiger partial charge on any atom is 0.324 e. The van der Waals surface area contributed by atoms with Gasteiger partial charge in [0.1, 0.15) is 42.1 Å². The van der Waals surface area contributed by atoms with Gasteiger partial charge in [-0.05, 0) is 92.6 Å². The number of carbonyl (C=O) groups is 1. The zero-order valence-corrected chi connectivity index (χ0v) is 30.7. The number of carboxylic acid groups (broad SMARTS) is 1. The maximum absolute atomic E-state index is 12.0. The van der Waals surface area contributed by atoms with Crippen molar-refractivity contribution in [3.05, 3.63) is 105 Å². The first-order chi connectivity index (χ1) is 25.1. The molecule has 1 saturated heterocycles. The molecule has 1 aliphatic heterocycles. The summed E-state index contributed by atoms with van der Waals surface area (Å²) in [4.78, 5) is 20.3. The summed E-state index contributed by atoms with van der Waals surface area (Å²) >= 11 is 6.81. The van der Waals surface area contributed by atoms with E-state index in [2.05, 4.69) is 41.9 Å². The van der Waals surface area contributed by atoms with E-state index in [0.29, 0.717) is 48.1 Å². The summed E-state index contributed by atoms with van der Waals surface area (Å²) in [6.07, 6.45) is 5.82. The first kappa shape index (κ1) is 37.1. The number of ether oxygens (including phenoxy) is 3. The third kappa shape index (κ3) is 8.51. The average Bonchev–Trinajstić information content (AvgIpc) is 3.86. The highest BCUT2D eigenvalue weighted by Gasteiger charge is 2.53. The monoisotopic (exact) mass is 724 g/mol. The molecule has 1 aromatic heterocycles. The Hall–Kier alpha value is -4.66.